The van der Waals surface area contributed by atoms with Crippen molar-refractivity contribution in [2.75, 3.05) is 6.54 Å². The molecule has 0 aromatic heterocycles. The molecule has 0 saturated carbocycles. The van der Waals surface area contributed by atoms with Crippen LogP contribution in [-0.4, -0.2) is 29.2 Å². The van der Waals surface area contributed by atoms with Crippen LogP contribution in [0.15, 0.2) is 54.6 Å². The number of hydrogen-bond donors (Lipinski definition) is 1. The molecule has 146 valence electrons. The van der Waals surface area contributed by atoms with Crippen molar-refractivity contribution in [1.82, 2.24) is 10.2 Å². The molecule has 0 spiro atoms. The number of benzene rings is 2. The van der Waals surface area contributed by atoms with Crippen molar-refractivity contribution in [3.05, 3.63) is 71.3 Å². The van der Waals surface area contributed by atoms with Gasteiger partial charge in [-0.15, -0.1) is 0 Å². The normalized spacial score (nSPS) is 19.6. The summed E-state index contributed by atoms with van der Waals surface area (Å²) in [6.45, 7) is 7.89. The Bertz CT molecular complexity index is 898. The van der Waals surface area contributed by atoms with E-state index in [1.54, 1.807) is 12.1 Å². The smallest absolute Gasteiger partial charge is 0.319 e. The van der Waals surface area contributed by atoms with E-state index < -0.39 is 11.6 Å². The highest BCUT2D eigenvalue weighted by atomic mass is 16.2. The van der Waals surface area contributed by atoms with Crippen molar-refractivity contribution in [3.8, 4) is 0 Å². The van der Waals surface area contributed by atoms with Gasteiger partial charge in [0.2, 0.25) is 0 Å². The Hall–Kier alpha value is -2.95. The van der Waals surface area contributed by atoms with Crippen LogP contribution < -0.4 is 5.32 Å². The number of amides is 3. The minimum absolute atomic E-state index is 0.0111. The fourth-order valence-electron chi connectivity index (χ4n) is 3.52. The van der Waals surface area contributed by atoms with Crippen LogP contribution in [0.5, 0.6) is 0 Å². The molecule has 3 amide bonds. The maximum atomic E-state index is 13.1. The van der Waals surface area contributed by atoms with Crippen molar-refractivity contribution in [2.24, 2.45) is 0 Å². The predicted octanol–water partition coefficient (Wildman–Crippen LogP) is 4.02. The molecule has 1 fully saturated rings. The van der Waals surface area contributed by atoms with Crippen LogP contribution in [-0.2, 0) is 15.7 Å². The fraction of sp³-hybridized carbons (Fsp3) is 0.348. The molecule has 0 bridgehead atoms. The largest absolute Gasteiger partial charge is 0.325 e. The summed E-state index contributed by atoms with van der Waals surface area (Å²) in [5, 5.41) is 2.80. The zero-order valence-electron chi connectivity index (χ0n) is 16.8. The van der Waals surface area contributed by atoms with Gasteiger partial charge in [0.1, 0.15) is 5.54 Å². The number of ketones is 1. The third-order valence-corrected chi connectivity index (χ3v) is 5.35. The molecule has 1 atom stereocenters. The maximum Gasteiger partial charge on any atom is 0.325 e. The number of carbonyl (C=O) groups excluding carboxylic acids is 3. The van der Waals surface area contributed by atoms with Gasteiger partial charge >= 0.3 is 6.03 Å². The summed E-state index contributed by atoms with van der Waals surface area (Å²) in [5.41, 5.74) is 1.20. The van der Waals surface area contributed by atoms with Crippen molar-refractivity contribution >= 4 is 17.7 Å². The van der Waals surface area contributed by atoms with Crippen molar-refractivity contribution in [1.29, 1.82) is 0 Å². The number of nitrogens with zero attached hydrogens (tertiary/aromatic N) is 1. The Morgan fingerprint density at radius 2 is 1.61 bits per heavy atom. The average Bonchev–Trinajstić information content (AvgIpc) is 2.93. The summed E-state index contributed by atoms with van der Waals surface area (Å²) in [6, 6.07) is 16.0. The highest BCUT2D eigenvalue weighted by molar-refractivity contribution is 6.11. The standard InChI is InChI=1S/C23H26N2O3/c1-5-23(18-9-7-6-8-10-18)20(27)25(21(28)24-23)15-19(26)16-11-13-17(14-12-16)22(2,3)4/h6-14H,5,15H2,1-4H3,(H,24,28). The number of nitrogens with one attached hydrogen (secondary N) is 1. The van der Waals surface area contributed by atoms with Gasteiger partial charge in [0.05, 0.1) is 6.54 Å². The number of carbonyl (C=O) groups is 3. The molecule has 0 radical (unpaired) electrons. The van der Waals surface area contributed by atoms with E-state index >= 15 is 0 Å². The van der Waals surface area contributed by atoms with Crippen LogP contribution >= 0.6 is 0 Å². The van der Waals surface area contributed by atoms with Gasteiger partial charge in [0.15, 0.2) is 5.78 Å². The first-order valence-electron chi connectivity index (χ1n) is 9.52. The van der Waals surface area contributed by atoms with Crippen LogP contribution in [0.1, 0.15) is 55.6 Å². The van der Waals surface area contributed by atoms with Gasteiger partial charge < -0.3 is 5.32 Å². The summed E-state index contributed by atoms with van der Waals surface area (Å²) in [4.78, 5) is 39.4. The Morgan fingerprint density at radius 1 is 1.00 bits per heavy atom. The lowest BCUT2D eigenvalue weighted by Gasteiger charge is -2.25. The third kappa shape index (κ3) is 3.44. The van der Waals surface area contributed by atoms with E-state index in [1.807, 2.05) is 49.4 Å². The minimum Gasteiger partial charge on any atom is -0.319 e. The van der Waals surface area contributed by atoms with Crippen molar-refractivity contribution < 1.29 is 14.4 Å². The molecular formula is C23H26N2O3. The van der Waals surface area contributed by atoms with E-state index in [4.69, 9.17) is 0 Å². The maximum absolute atomic E-state index is 13.1. The molecule has 3 rings (SSSR count). The highest BCUT2D eigenvalue weighted by Gasteiger charge is 2.51. The Morgan fingerprint density at radius 3 is 2.14 bits per heavy atom. The van der Waals surface area contributed by atoms with Crippen LogP contribution in [0.3, 0.4) is 0 Å². The first-order chi connectivity index (χ1) is 13.2. The second kappa shape index (κ2) is 7.23. The van der Waals surface area contributed by atoms with Gasteiger partial charge in [0.25, 0.3) is 5.91 Å². The zero-order valence-corrected chi connectivity index (χ0v) is 16.8. The highest BCUT2D eigenvalue weighted by Crippen LogP contribution is 2.32. The lowest BCUT2D eigenvalue weighted by Crippen LogP contribution is -2.43. The van der Waals surface area contributed by atoms with E-state index in [0.29, 0.717) is 12.0 Å². The molecular weight excluding hydrogens is 352 g/mol. The summed E-state index contributed by atoms with van der Waals surface area (Å²) >= 11 is 0. The molecule has 2 aromatic carbocycles. The summed E-state index contributed by atoms with van der Waals surface area (Å²) in [5.74, 6) is -0.644. The fourth-order valence-corrected chi connectivity index (χ4v) is 3.52. The molecule has 5 nitrogen and oxygen atoms in total. The number of urea groups is 1. The molecule has 1 aliphatic rings. The molecule has 1 unspecified atom stereocenters. The van der Waals surface area contributed by atoms with Gasteiger partial charge in [-0.3, -0.25) is 14.5 Å². The number of Topliss-reactive ketones (excluding diaryl/α,β-unsaturated/α-hetero) is 1. The first-order valence-corrected chi connectivity index (χ1v) is 9.52. The monoisotopic (exact) mass is 378 g/mol. The van der Waals surface area contributed by atoms with Gasteiger partial charge in [-0.1, -0.05) is 82.3 Å². The van der Waals surface area contributed by atoms with Crippen molar-refractivity contribution in [3.63, 3.8) is 0 Å². The summed E-state index contributed by atoms with van der Waals surface area (Å²) in [6.07, 6.45) is 0.409. The second-order valence-electron chi connectivity index (χ2n) is 8.20. The molecule has 28 heavy (non-hydrogen) atoms. The van der Waals surface area contributed by atoms with E-state index in [0.717, 1.165) is 16.0 Å². The van der Waals surface area contributed by atoms with E-state index in [9.17, 15) is 14.4 Å². The second-order valence-corrected chi connectivity index (χ2v) is 8.20. The molecule has 1 N–H and O–H groups in total. The minimum atomic E-state index is -1.12. The van der Waals surface area contributed by atoms with Crippen LogP contribution in [0, 0.1) is 0 Å². The van der Waals surface area contributed by atoms with Crippen molar-refractivity contribution in [2.45, 2.75) is 45.1 Å². The average molecular weight is 378 g/mol. The zero-order chi connectivity index (χ0) is 20.5. The number of hydrogen-bond acceptors (Lipinski definition) is 3. The lowest BCUT2D eigenvalue weighted by atomic mass is 9.86. The van der Waals surface area contributed by atoms with Gasteiger partial charge in [-0.05, 0) is 23.0 Å². The summed E-state index contributed by atoms with van der Waals surface area (Å²) < 4.78 is 0. The molecule has 2 aromatic rings. The Balaban J connectivity index is 1.82. The van der Waals surface area contributed by atoms with Gasteiger partial charge in [-0.25, -0.2) is 4.79 Å². The molecule has 1 heterocycles. The topological polar surface area (TPSA) is 66.5 Å². The Kier molecular flexibility index (Phi) is 5.11. The van der Waals surface area contributed by atoms with E-state index in [-0.39, 0.29) is 23.7 Å². The van der Waals surface area contributed by atoms with Gasteiger partial charge in [0, 0.05) is 5.56 Å². The van der Waals surface area contributed by atoms with E-state index in [1.165, 1.54) is 0 Å². The van der Waals surface area contributed by atoms with Crippen LogP contribution in [0.2, 0.25) is 0 Å². The SMILES string of the molecule is CCC1(c2ccccc2)NC(=O)N(CC(=O)c2ccc(C(C)(C)C)cc2)C1=O. The predicted molar refractivity (Wildman–Crippen MR) is 108 cm³/mol. The molecule has 1 saturated heterocycles. The molecule has 1 aliphatic heterocycles. The molecule has 0 aliphatic carbocycles. The van der Waals surface area contributed by atoms with Gasteiger partial charge in [-0.2, -0.15) is 0 Å². The number of imide groups is 1. The van der Waals surface area contributed by atoms with E-state index in [2.05, 4.69) is 26.1 Å². The Labute approximate surface area is 165 Å². The lowest BCUT2D eigenvalue weighted by molar-refractivity contribution is -0.131. The molecule has 5 heteroatoms. The third-order valence-electron chi connectivity index (χ3n) is 5.35. The number of rotatable bonds is 5. The quantitative estimate of drug-likeness (QED) is 0.631. The van der Waals surface area contributed by atoms with Crippen LogP contribution in [0.25, 0.3) is 0 Å². The summed E-state index contributed by atoms with van der Waals surface area (Å²) in [7, 11) is 0. The first kappa shape index (κ1) is 19.8. The van der Waals surface area contributed by atoms with Crippen LogP contribution in [0.4, 0.5) is 4.79 Å².